The normalized spacial score (nSPS) is 18.7. The number of carbonyl (C=O) groups is 2. The van der Waals surface area contributed by atoms with E-state index < -0.39 is 0 Å². The van der Waals surface area contributed by atoms with Gasteiger partial charge in [-0.25, -0.2) is 0 Å². The van der Waals surface area contributed by atoms with E-state index in [4.69, 9.17) is 0 Å². The average Bonchev–Trinajstić information content (AvgIpc) is 2.85. The van der Waals surface area contributed by atoms with E-state index in [1.54, 1.807) is 30.6 Å². The molecule has 1 aliphatic heterocycles. The van der Waals surface area contributed by atoms with Gasteiger partial charge in [-0.15, -0.1) is 0 Å². The van der Waals surface area contributed by atoms with E-state index in [0.717, 1.165) is 31.5 Å². The fourth-order valence-electron chi connectivity index (χ4n) is 5.23. The number of benzene rings is 1. The van der Waals surface area contributed by atoms with E-state index in [1.165, 1.54) is 38.5 Å². The predicted molar refractivity (Wildman–Crippen MR) is 127 cm³/mol. The van der Waals surface area contributed by atoms with Crippen LogP contribution in [0.2, 0.25) is 0 Å². The SMILES string of the molecule is Cc1cccc(C(=O)NCC2(N3CCCCC3)CCCCC2)c1NC(=O)c1ccncc1. The molecule has 0 atom stereocenters. The van der Waals surface area contributed by atoms with Crippen molar-refractivity contribution < 1.29 is 9.59 Å². The van der Waals surface area contributed by atoms with Crippen molar-refractivity contribution in [2.24, 2.45) is 0 Å². The molecule has 6 heteroatoms. The zero-order valence-electron chi connectivity index (χ0n) is 19.0. The maximum atomic E-state index is 13.3. The third kappa shape index (κ3) is 5.01. The highest BCUT2D eigenvalue weighted by molar-refractivity contribution is 6.09. The molecule has 2 amide bonds. The number of hydrogen-bond donors (Lipinski definition) is 2. The number of aromatic nitrogens is 1. The molecule has 1 aromatic carbocycles. The fraction of sp³-hybridized carbons (Fsp3) is 0.500. The first-order chi connectivity index (χ1) is 15.6. The van der Waals surface area contributed by atoms with E-state index in [2.05, 4.69) is 20.5 Å². The Kier molecular flexibility index (Phi) is 7.20. The van der Waals surface area contributed by atoms with E-state index in [9.17, 15) is 9.59 Å². The van der Waals surface area contributed by atoms with Crippen LogP contribution in [0.3, 0.4) is 0 Å². The molecule has 1 saturated carbocycles. The van der Waals surface area contributed by atoms with Gasteiger partial charge in [0.05, 0.1) is 11.3 Å². The van der Waals surface area contributed by atoms with E-state index in [-0.39, 0.29) is 17.4 Å². The van der Waals surface area contributed by atoms with Crippen molar-refractivity contribution in [3.05, 3.63) is 59.4 Å². The van der Waals surface area contributed by atoms with Crippen molar-refractivity contribution in [3.8, 4) is 0 Å². The van der Waals surface area contributed by atoms with Crippen LogP contribution in [-0.4, -0.2) is 46.9 Å². The molecule has 2 heterocycles. The molecule has 1 aliphatic carbocycles. The molecule has 0 spiro atoms. The standard InChI is InChI=1S/C26H34N4O2/c1-20-9-8-10-22(23(20)29-24(31)21-11-15-27-16-12-21)25(32)28-19-26(13-4-2-5-14-26)30-17-6-3-7-18-30/h8-12,15-16H,2-7,13-14,17-19H2,1H3,(H,28,32)(H,29,31). The molecule has 170 valence electrons. The average molecular weight is 435 g/mol. The Hall–Kier alpha value is -2.73. The summed E-state index contributed by atoms with van der Waals surface area (Å²) in [5, 5.41) is 6.19. The molecular formula is C26H34N4O2. The molecule has 32 heavy (non-hydrogen) atoms. The van der Waals surface area contributed by atoms with Crippen molar-refractivity contribution in [1.29, 1.82) is 0 Å². The van der Waals surface area contributed by atoms with Gasteiger partial charge in [-0.2, -0.15) is 0 Å². The van der Waals surface area contributed by atoms with Crippen molar-refractivity contribution in [3.63, 3.8) is 0 Å². The Labute approximate surface area is 190 Å². The minimum atomic E-state index is -0.243. The molecule has 2 fully saturated rings. The highest BCUT2D eigenvalue weighted by Crippen LogP contribution is 2.35. The lowest BCUT2D eigenvalue weighted by Crippen LogP contribution is -2.58. The number of hydrogen-bond acceptors (Lipinski definition) is 4. The van der Waals surface area contributed by atoms with E-state index >= 15 is 0 Å². The number of para-hydroxylation sites is 1. The Balaban J connectivity index is 1.50. The van der Waals surface area contributed by atoms with Crippen LogP contribution in [0.1, 0.15) is 77.6 Å². The molecule has 0 bridgehead atoms. The number of piperidine rings is 1. The maximum absolute atomic E-state index is 13.3. The molecule has 2 aliphatic rings. The number of pyridine rings is 1. The molecule has 0 unspecified atom stereocenters. The molecule has 4 rings (SSSR count). The summed E-state index contributed by atoms with van der Waals surface area (Å²) >= 11 is 0. The van der Waals surface area contributed by atoms with Gasteiger partial charge < -0.3 is 10.6 Å². The zero-order valence-corrected chi connectivity index (χ0v) is 19.0. The summed E-state index contributed by atoms with van der Waals surface area (Å²) in [7, 11) is 0. The molecule has 1 saturated heterocycles. The highest BCUT2D eigenvalue weighted by atomic mass is 16.2. The van der Waals surface area contributed by atoms with Crippen LogP contribution in [0.25, 0.3) is 0 Å². The number of nitrogens with one attached hydrogen (secondary N) is 2. The van der Waals surface area contributed by atoms with Gasteiger partial charge in [0.25, 0.3) is 11.8 Å². The maximum Gasteiger partial charge on any atom is 0.255 e. The number of likely N-dealkylation sites (tertiary alicyclic amines) is 1. The lowest BCUT2D eigenvalue weighted by atomic mass is 9.79. The van der Waals surface area contributed by atoms with E-state index in [0.29, 0.717) is 23.4 Å². The third-order valence-electron chi connectivity index (χ3n) is 7.09. The first-order valence-corrected chi connectivity index (χ1v) is 11.9. The predicted octanol–water partition coefficient (Wildman–Crippen LogP) is 4.56. The second-order valence-corrected chi connectivity index (χ2v) is 9.20. The third-order valence-corrected chi connectivity index (χ3v) is 7.09. The summed E-state index contributed by atoms with van der Waals surface area (Å²) in [5.74, 6) is -0.367. The highest BCUT2D eigenvalue weighted by Gasteiger charge is 2.38. The van der Waals surface area contributed by atoms with Crippen LogP contribution in [0.4, 0.5) is 5.69 Å². The minimum absolute atomic E-state index is 0.0681. The van der Waals surface area contributed by atoms with Crippen LogP contribution in [0, 0.1) is 6.92 Å². The Bertz CT molecular complexity index is 932. The summed E-state index contributed by atoms with van der Waals surface area (Å²) in [6.45, 7) is 4.84. The second-order valence-electron chi connectivity index (χ2n) is 9.20. The second kappa shape index (κ2) is 10.3. The summed E-state index contributed by atoms with van der Waals surface area (Å²) in [4.78, 5) is 32.6. The minimum Gasteiger partial charge on any atom is -0.350 e. The van der Waals surface area contributed by atoms with Gasteiger partial charge in [-0.1, -0.05) is 37.8 Å². The van der Waals surface area contributed by atoms with Crippen LogP contribution < -0.4 is 10.6 Å². The van der Waals surface area contributed by atoms with Crippen LogP contribution >= 0.6 is 0 Å². The number of carbonyl (C=O) groups excluding carboxylic acids is 2. The first-order valence-electron chi connectivity index (χ1n) is 11.9. The van der Waals surface area contributed by atoms with Crippen molar-refractivity contribution in [1.82, 2.24) is 15.2 Å². The lowest BCUT2D eigenvalue weighted by molar-refractivity contribution is 0.0327. The first kappa shape index (κ1) is 22.5. The molecule has 6 nitrogen and oxygen atoms in total. The Morgan fingerprint density at radius 2 is 1.62 bits per heavy atom. The van der Waals surface area contributed by atoms with E-state index in [1.807, 2.05) is 19.1 Å². The van der Waals surface area contributed by atoms with Gasteiger partial charge in [0, 0.05) is 30.0 Å². The number of aryl methyl sites for hydroxylation is 1. The monoisotopic (exact) mass is 434 g/mol. The van der Waals surface area contributed by atoms with Gasteiger partial charge in [0.2, 0.25) is 0 Å². The Morgan fingerprint density at radius 1 is 0.938 bits per heavy atom. The zero-order chi connectivity index (χ0) is 22.4. The number of rotatable bonds is 6. The van der Waals surface area contributed by atoms with Gasteiger partial charge in [0.1, 0.15) is 0 Å². The molecular weight excluding hydrogens is 400 g/mol. The smallest absolute Gasteiger partial charge is 0.255 e. The summed E-state index contributed by atoms with van der Waals surface area (Å²) in [6, 6.07) is 8.90. The summed E-state index contributed by atoms with van der Waals surface area (Å²) < 4.78 is 0. The van der Waals surface area contributed by atoms with Crippen molar-refractivity contribution in [2.75, 3.05) is 25.0 Å². The largest absolute Gasteiger partial charge is 0.350 e. The number of anilines is 1. The van der Waals surface area contributed by atoms with Gasteiger partial charge in [-0.3, -0.25) is 19.5 Å². The quantitative estimate of drug-likeness (QED) is 0.699. The van der Waals surface area contributed by atoms with Crippen LogP contribution in [0.5, 0.6) is 0 Å². The number of nitrogens with zero attached hydrogens (tertiary/aromatic N) is 2. The summed E-state index contributed by atoms with van der Waals surface area (Å²) in [5.41, 5.74) is 2.53. The molecule has 2 aromatic rings. The van der Waals surface area contributed by atoms with Gasteiger partial charge in [-0.05, 0) is 69.5 Å². The van der Waals surface area contributed by atoms with Crippen molar-refractivity contribution >= 4 is 17.5 Å². The molecule has 1 aromatic heterocycles. The topological polar surface area (TPSA) is 74.3 Å². The fourth-order valence-corrected chi connectivity index (χ4v) is 5.23. The van der Waals surface area contributed by atoms with Crippen molar-refractivity contribution in [2.45, 2.75) is 63.8 Å². The van der Waals surface area contributed by atoms with Gasteiger partial charge in [0.15, 0.2) is 0 Å². The van der Waals surface area contributed by atoms with Crippen LogP contribution in [-0.2, 0) is 0 Å². The van der Waals surface area contributed by atoms with Gasteiger partial charge >= 0.3 is 0 Å². The Morgan fingerprint density at radius 3 is 2.34 bits per heavy atom. The lowest BCUT2D eigenvalue weighted by Gasteiger charge is -2.48. The molecule has 0 radical (unpaired) electrons. The number of amides is 2. The summed E-state index contributed by atoms with van der Waals surface area (Å²) in [6.07, 6.45) is 13.0. The van der Waals surface area contributed by atoms with Crippen LogP contribution in [0.15, 0.2) is 42.7 Å². The molecule has 2 N–H and O–H groups in total.